The molecule has 3 aromatic carbocycles. The van der Waals surface area contributed by atoms with Crippen LogP contribution in [0.15, 0.2) is 71.6 Å². The molecular weight excluding hydrogens is 757 g/mol. The highest BCUT2D eigenvalue weighted by atomic mass is 32.2. The van der Waals surface area contributed by atoms with Crippen molar-refractivity contribution >= 4 is 23.8 Å². The van der Waals surface area contributed by atoms with Gasteiger partial charge in [-0.2, -0.15) is 0 Å². The zero-order valence-corrected chi connectivity index (χ0v) is 37.6. The highest BCUT2D eigenvalue weighted by molar-refractivity contribution is 7.91. The molecule has 0 bridgehead atoms. The number of anilines is 1. The maximum absolute atomic E-state index is 15.0. The van der Waals surface area contributed by atoms with Gasteiger partial charge in [0.1, 0.15) is 12.4 Å². The largest absolute Gasteiger partial charge is 0.490 e. The summed E-state index contributed by atoms with van der Waals surface area (Å²) in [5, 5.41) is 3.63. The topological polar surface area (TPSA) is 105 Å². The summed E-state index contributed by atoms with van der Waals surface area (Å²) in [6.45, 7) is 21.3. The SMILES string of the molecule is COCCCOCc1ccc([C@@H]2[C@@H](OC(c3ccc4c(c3)N(CCCOC)CCO4)S(=O)(=O)c3ccc(C)cc3)CNC[C@H]2O[Si](C(C)C)(C(C)C)C(C)C)cc1. The summed E-state index contributed by atoms with van der Waals surface area (Å²) in [7, 11) is -3.01. The van der Waals surface area contributed by atoms with E-state index in [9.17, 15) is 8.42 Å². The lowest BCUT2D eigenvalue weighted by atomic mass is 9.85. The third-order valence-electron chi connectivity index (χ3n) is 11.7. The van der Waals surface area contributed by atoms with Crippen LogP contribution < -0.4 is 15.0 Å². The van der Waals surface area contributed by atoms with E-state index in [1.807, 2.05) is 37.3 Å². The number of piperidine rings is 1. The van der Waals surface area contributed by atoms with Crippen LogP contribution in [-0.4, -0.2) is 95.8 Å². The Kier molecular flexibility index (Phi) is 16.6. The van der Waals surface area contributed by atoms with Crippen LogP contribution in [0.5, 0.6) is 5.75 Å². The Balaban J connectivity index is 1.58. The number of benzene rings is 3. The summed E-state index contributed by atoms with van der Waals surface area (Å²) in [5.74, 6) is 0.493. The summed E-state index contributed by atoms with van der Waals surface area (Å²) < 4.78 is 67.2. The standard InChI is InChI=1S/C45H68N2O8SSi/c1-32(2)57(33(3)4,34(5)6)55-43-30-46-29-42(44(43)37-16-14-36(15-17-37)31-52-26-11-25-51-9)54-45(56(48,49)39-19-12-35(7)13-20-39)38-18-21-41-40(28-38)47(23-27-53-41)22-10-24-50-8/h12-21,28,32-34,42-46H,10-11,22-27,29-31H2,1-9H3/t42-,43+,44+,45?/m0/s1. The second kappa shape index (κ2) is 20.9. The zero-order chi connectivity index (χ0) is 41.2. The van der Waals surface area contributed by atoms with Crippen LogP contribution in [0.1, 0.15) is 88.0 Å². The second-order valence-electron chi connectivity index (χ2n) is 16.6. The van der Waals surface area contributed by atoms with Gasteiger partial charge in [-0.25, -0.2) is 8.42 Å². The van der Waals surface area contributed by atoms with Gasteiger partial charge in [-0.3, -0.25) is 0 Å². The molecule has 4 atom stereocenters. The number of aryl methyl sites for hydroxylation is 1. The molecule has 1 saturated heterocycles. The molecule has 0 aromatic heterocycles. The Morgan fingerprint density at radius 2 is 1.47 bits per heavy atom. The first-order chi connectivity index (χ1) is 27.3. The number of sulfone groups is 1. The molecule has 0 saturated carbocycles. The van der Waals surface area contributed by atoms with Crippen molar-refractivity contribution in [1.82, 2.24) is 5.32 Å². The number of fused-ring (bicyclic) bond motifs is 1. The van der Waals surface area contributed by atoms with Crippen molar-refractivity contribution in [2.75, 3.05) is 71.7 Å². The Bertz CT molecular complexity index is 1770. The third kappa shape index (κ3) is 10.9. The van der Waals surface area contributed by atoms with Crippen molar-refractivity contribution in [1.29, 1.82) is 0 Å². The molecule has 0 aliphatic carbocycles. The first-order valence-electron chi connectivity index (χ1n) is 20.8. The van der Waals surface area contributed by atoms with E-state index in [0.717, 1.165) is 47.5 Å². The highest BCUT2D eigenvalue weighted by Gasteiger charge is 2.50. The Morgan fingerprint density at radius 1 is 0.825 bits per heavy atom. The van der Waals surface area contributed by atoms with Gasteiger partial charge in [-0.1, -0.05) is 89.6 Å². The fourth-order valence-corrected chi connectivity index (χ4v) is 16.1. The molecule has 5 rings (SSSR count). The van der Waals surface area contributed by atoms with Crippen LogP contribution in [0.25, 0.3) is 0 Å². The zero-order valence-electron chi connectivity index (χ0n) is 35.8. The van der Waals surface area contributed by atoms with Crippen molar-refractivity contribution < 1.29 is 36.5 Å². The van der Waals surface area contributed by atoms with Gasteiger partial charge in [0.25, 0.3) is 0 Å². The smallest absolute Gasteiger partial charge is 0.209 e. The van der Waals surface area contributed by atoms with Crippen LogP contribution in [0.2, 0.25) is 16.6 Å². The molecule has 1 unspecified atom stereocenters. The van der Waals surface area contributed by atoms with Gasteiger partial charge in [0.05, 0.1) is 35.9 Å². The third-order valence-corrected chi connectivity index (χ3v) is 19.7. The molecule has 57 heavy (non-hydrogen) atoms. The van der Waals surface area contributed by atoms with Gasteiger partial charge < -0.3 is 38.3 Å². The first kappa shape index (κ1) is 45.3. The maximum atomic E-state index is 15.0. The molecule has 12 heteroatoms. The normalized spacial score (nSPS) is 19.6. The van der Waals surface area contributed by atoms with Crippen molar-refractivity contribution in [2.45, 2.75) is 113 Å². The number of nitrogens with one attached hydrogen (secondary N) is 1. The quantitative estimate of drug-likeness (QED) is 0.0830. The van der Waals surface area contributed by atoms with Crippen molar-refractivity contribution in [3.63, 3.8) is 0 Å². The molecule has 0 spiro atoms. The second-order valence-corrected chi connectivity index (χ2v) is 24.0. The maximum Gasteiger partial charge on any atom is 0.209 e. The number of methoxy groups -OCH3 is 2. The molecule has 1 N–H and O–H groups in total. The van der Waals surface area contributed by atoms with E-state index in [1.54, 1.807) is 26.4 Å². The van der Waals surface area contributed by atoms with Crippen LogP contribution in [-0.2, 0) is 39.8 Å². The van der Waals surface area contributed by atoms with Crippen molar-refractivity contribution in [3.05, 3.63) is 89.0 Å². The fourth-order valence-electron chi connectivity index (χ4n) is 8.95. The van der Waals surface area contributed by atoms with Crippen molar-refractivity contribution in [3.8, 4) is 5.75 Å². The molecule has 10 nitrogen and oxygen atoms in total. The van der Waals surface area contributed by atoms with Crippen LogP contribution in [0.3, 0.4) is 0 Å². The van der Waals surface area contributed by atoms with E-state index in [1.165, 1.54) is 0 Å². The molecule has 1 fully saturated rings. The molecule has 2 heterocycles. The van der Waals surface area contributed by atoms with Gasteiger partial charge in [-0.05, 0) is 77.3 Å². The predicted molar refractivity (Wildman–Crippen MR) is 231 cm³/mol. The summed E-state index contributed by atoms with van der Waals surface area (Å²) in [6, 6.07) is 21.3. The van der Waals surface area contributed by atoms with Gasteiger partial charge >= 0.3 is 0 Å². The van der Waals surface area contributed by atoms with Crippen molar-refractivity contribution in [2.24, 2.45) is 0 Å². The summed E-state index contributed by atoms with van der Waals surface area (Å²) in [6.07, 6.45) is 0.902. The van der Waals surface area contributed by atoms with Gasteiger partial charge in [-0.15, -0.1) is 0 Å². The minimum Gasteiger partial charge on any atom is -0.490 e. The number of hydrogen-bond acceptors (Lipinski definition) is 10. The van der Waals surface area contributed by atoms with E-state index in [4.69, 9.17) is 28.1 Å². The average Bonchev–Trinajstić information content (AvgIpc) is 3.19. The minimum absolute atomic E-state index is 0.220. The first-order valence-corrected chi connectivity index (χ1v) is 24.5. The van der Waals surface area contributed by atoms with Gasteiger partial charge in [0, 0.05) is 59.6 Å². The van der Waals surface area contributed by atoms with Crippen LogP contribution in [0.4, 0.5) is 5.69 Å². The van der Waals surface area contributed by atoms with E-state index in [0.29, 0.717) is 74.9 Å². The lowest BCUT2D eigenvalue weighted by Crippen LogP contribution is -2.58. The predicted octanol–water partition coefficient (Wildman–Crippen LogP) is 8.59. The molecular formula is C45H68N2O8SSi. The molecule has 0 radical (unpaired) electrons. The fraction of sp³-hybridized carbons (Fsp3) is 0.600. The van der Waals surface area contributed by atoms with E-state index in [-0.39, 0.29) is 16.9 Å². The van der Waals surface area contributed by atoms with E-state index in [2.05, 4.69) is 76.0 Å². The van der Waals surface area contributed by atoms with E-state index < -0.39 is 29.7 Å². The Morgan fingerprint density at radius 3 is 2.12 bits per heavy atom. The lowest BCUT2D eigenvalue weighted by molar-refractivity contribution is -0.0365. The van der Waals surface area contributed by atoms with Crippen LogP contribution in [0, 0.1) is 6.92 Å². The highest BCUT2D eigenvalue weighted by Crippen LogP contribution is 2.47. The summed E-state index contributed by atoms with van der Waals surface area (Å²) >= 11 is 0. The van der Waals surface area contributed by atoms with Crippen LogP contribution >= 0.6 is 0 Å². The Labute approximate surface area is 344 Å². The summed E-state index contributed by atoms with van der Waals surface area (Å²) in [5.41, 5.74) is 4.37. The number of rotatable bonds is 21. The minimum atomic E-state index is -4.04. The molecule has 0 amide bonds. The Hall–Kier alpha value is -2.81. The monoisotopic (exact) mass is 824 g/mol. The van der Waals surface area contributed by atoms with E-state index >= 15 is 0 Å². The molecule has 3 aromatic rings. The lowest BCUT2D eigenvalue weighted by Gasteiger charge is -2.49. The molecule has 2 aliphatic heterocycles. The number of ether oxygens (including phenoxy) is 5. The molecule has 2 aliphatic rings. The summed E-state index contributed by atoms with van der Waals surface area (Å²) in [4.78, 5) is 2.47. The van der Waals surface area contributed by atoms with Gasteiger partial charge in [0.15, 0.2) is 5.44 Å². The number of hydrogen-bond donors (Lipinski definition) is 1. The average molecular weight is 825 g/mol. The number of nitrogens with zero attached hydrogens (tertiary/aromatic N) is 1. The van der Waals surface area contributed by atoms with Gasteiger partial charge in [0.2, 0.25) is 18.2 Å². The molecule has 316 valence electrons.